The smallest absolute Gasteiger partial charge is 0.230 e. The average Bonchev–Trinajstić information content (AvgIpc) is 3.05. The molecule has 0 spiro atoms. The summed E-state index contributed by atoms with van der Waals surface area (Å²) >= 11 is 0. The summed E-state index contributed by atoms with van der Waals surface area (Å²) in [6, 6.07) is 11.7. The van der Waals surface area contributed by atoms with Crippen LogP contribution in [0.2, 0.25) is 0 Å². The number of aryl methyl sites for hydroxylation is 1. The molecule has 26 heavy (non-hydrogen) atoms. The Labute approximate surface area is 153 Å². The summed E-state index contributed by atoms with van der Waals surface area (Å²) in [7, 11) is 0. The summed E-state index contributed by atoms with van der Waals surface area (Å²) in [5, 5.41) is 6.70. The molecule has 1 amide bonds. The second-order valence-electron chi connectivity index (χ2n) is 7.44. The number of benzene rings is 1. The van der Waals surface area contributed by atoms with E-state index in [2.05, 4.69) is 22.4 Å². The Morgan fingerprint density at radius 2 is 1.88 bits per heavy atom. The molecule has 5 nitrogen and oxygen atoms in total. The molecule has 0 bridgehead atoms. The van der Waals surface area contributed by atoms with Crippen LogP contribution in [0.1, 0.15) is 37.7 Å². The van der Waals surface area contributed by atoms with Gasteiger partial charge in [0.25, 0.3) is 0 Å². The van der Waals surface area contributed by atoms with E-state index < -0.39 is 0 Å². The van der Waals surface area contributed by atoms with Crippen molar-refractivity contribution in [2.75, 3.05) is 5.32 Å². The maximum atomic E-state index is 12.2. The Bertz CT molecular complexity index is 906. The minimum absolute atomic E-state index is 0.121. The fourth-order valence-electron chi connectivity index (χ4n) is 2.63. The molecule has 0 saturated carbocycles. The van der Waals surface area contributed by atoms with E-state index in [1.807, 2.05) is 57.3 Å². The highest BCUT2D eigenvalue weighted by Gasteiger charge is 2.20. The number of rotatable bonds is 4. The second kappa shape index (κ2) is 7.12. The van der Waals surface area contributed by atoms with Crippen LogP contribution in [0.15, 0.2) is 53.3 Å². The van der Waals surface area contributed by atoms with E-state index in [-0.39, 0.29) is 17.7 Å². The van der Waals surface area contributed by atoms with E-state index in [4.69, 9.17) is 4.52 Å². The van der Waals surface area contributed by atoms with Crippen molar-refractivity contribution in [1.82, 2.24) is 10.1 Å². The van der Waals surface area contributed by atoms with Crippen molar-refractivity contribution in [1.29, 1.82) is 0 Å². The van der Waals surface area contributed by atoms with Crippen LogP contribution in [0.4, 0.5) is 5.82 Å². The number of carbonyl (C=O) groups is 1. The van der Waals surface area contributed by atoms with Crippen LogP contribution in [0.3, 0.4) is 0 Å². The Balaban J connectivity index is 1.65. The third-order valence-electron chi connectivity index (χ3n) is 4.19. The number of carbonyl (C=O) groups excluding carboxylic acids is 1. The Hall–Kier alpha value is -2.95. The molecule has 1 aromatic carbocycles. The van der Waals surface area contributed by atoms with Crippen molar-refractivity contribution < 1.29 is 9.32 Å². The number of aromatic nitrogens is 2. The topological polar surface area (TPSA) is 68.0 Å². The van der Waals surface area contributed by atoms with Gasteiger partial charge in [0, 0.05) is 29.4 Å². The second-order valence-corrected chi connectivity index (χ2v) is 7.44. The van der Waals surface area contributed by atoms with Gasteiger partial charge in [0.05, 0.1) is 6.42 Å². The monoisotopic (exact) mass is 349 g/mol. The zero-order valence-corrected chi connectivity index (χ0v) is 15.5. The van der Waals surface area contributed by atoms with E-state index in [1.165, 1.54) is 5.56 Å². The van der Waals surface area contributed by atoms with Crippen LogP contribution in [0.25, 0.3) is 11.1 Å². The maximum Gasteiger partial charge on any atom is 0.230 e. The zero-order valence-electron chi connectivity index (χ0n) is 15.5. The summed E-state index contributed by atoms with van der Waals surface area (Å²) in [5.74, 6) is 1.07. The standard InChI is InChI=1S/C21H23N3O2/c1-14-9-10-22-13-17(14)16-7-5-15(6-8-16)11-20(25)23-19-12-18(26-24-19)21(2,3)4/h5-10,12-13H,11H2,1-4H3,(H,23,24,25). The van der Waals surface area contributed by atoms with E-state index in [9.17, 15) is 4.79 Å². The van der Waals surface area contributed by atoms with Crippen LogP contribution in [-0.2, 0) is 16.6 Å². The first-order valence-electron chi connectivity index (χ1n) is 8.60. The van der Waals surface area contributed by atoms with Crippen LogP contribution >= 0.6 is 0 Å². The molecule has 2 aromatic heterocycles. The van der Waals surface area contributed by atoms with Crippen LogP contribution < -0.4 is 5.32 Å². The Morgan fingerprint density at radius 3 is 2.50 bits per heavy atom. The summed E-state index contributed by atoms with van der Waals surface area (Å²) in [5.41, 5.74) is 4.15. The summed E-state index contributed by atoms with van der Waals surface area (Å²) in [6.07, 6.45) is 3.92. The third-order valence-corrected chi connectivity index (χ3v) is 4.19. The molecule has 0 aliphatic rings. The fraction of sp³-hybridized carbons (Fsp3) is 0.286. The molecule has 0 fully saturated rings. The van der Waals surface area contributed by atoms with Gasteiger partial charge in [-0.25, -0.2) is 0 Å². The maximum absolute atomic E-state index is 12.2. The highest BCUT2D eigenvalue weighted by Crippen LogP contribution is 2.25. The molecule has 3 aromatic rings. The molecule has 0 radical (unpaired) electrons. The summed E-state index contributed by atoms with van der Waals surface area (Å²) < 4.78 is 5.29. The molecule has 134 valence electrons. The average molecular weight is 349 g/mol. The lowest BCUT2D eigenvalue weighted by Gasteiger charge is -2.12. The molecule has 3 rings (SSSR count). The summed E-state index contributed by atoms with van der Waals surface area (Å²) in [6.45, 7) is 8.15. The van der Waals surface area contributed by atoms with E-state index in [0.29, 0.717) is 5.82 Å². The molecule has 0 aliphatic heterocycles. The lowest BCUT2D eigenvalue weighted by atomic mass is 9.93. The number of anilines is 1. The lowest BCUT2D eigenvalue weighted by Crippen LogP contribution is -2.14. The molecule has 0 atom stereocenters. The van der Waals surface area contributed by atoms with Crippen molar-refractivity contribution in [2.45, 2.75) is 39.5 Å². The molecule has 1 N–H and O–H groups in total. The van der Waals surface area contributed by atoms with Gasteiger partial charge in [-0.05, 0) is 29.7 Å². The van der Waals surface area contributed by atoms with Gasteiger partial charge in [0.2, 0.25) is 5.91 Å². The number of pyridine rings is 1. The number of hydrogen-bond donors (Lipinski definition) is 1. The molecule has 0 aliphatic carbocycles. The Morgan fingerprint density at radius 1 is 1.15 bits per heavy atom. The quantitative estimate of drug-likeness (QED) is 0.752. The van der Waals surface area contributed by atoms with Gasteiger partial charge in [-0.2, -0.15) is 0 Å². The van der Waals surface area contributed by atoms with Crippen molar-refractivity contribution in [2.24, 2.45) is 0 Å². The molecule has 0 unspecified atom stereocenters. The first-order valence-corrected chi connectivity index (χ1v) is 8.60. The van der Waals surface area contributed by atoms with Gasteiger partial charge in [0.15, 0.2) is 5.82 Å². The normalized spacial score (nSPS) is 11.4. The van der Waals surface area contributed by atoms with E-state index in [0.717, 1.165) is 22.5 Å². The van der Waals surface area contributed by atoms with Gasteiger partial charge in [-0.1, -0.05) is 50.2 Å². The predicted molar refractivity (Wildman–Crippen MR) is 102 cm³/mol. The van der Waals surface area contributed by atoms with Crippen molar-refractivity contribution >= 4 is 11.7 Å². The first-order chi connectivity index (χ1) is 12.3. The predicted octanol–water partition coefficient (Wildman–Crippen LogP) is 4.52. The molecule has 5 heteroatoms. The fourth-order valence-corrected chi connectivity index (χ4v) is 2.63. The number of hydrogen-bond acceptors (Lipinski definition) is 4. The van der Waals surface area contributed by atoms with E-state index in [1.54, 1.807) is 12.3 Å². The van der Waals surface area contributed by atoms with Crippen LogP contribution in [0.5, 0.6) is 0 Å². The summed E-state index contributed by atoms with van der Waals surface area (Å²) in [4.78, 5) is 16.4. The van der Waals surface area contributed by atoms with E-state index >= 15 is 0 Å². The van der Waals surface area contributed by atoms with Crippen molar-refractivity contribution in [3.8, 4) is 11.1 Å². The minimum Gasteiger partial charge on any atom is -0.359 e. The number of amides is 1. The SMILES string of the molecule is Cc1ccncc1-c1ccc(CC(=O)Nc2cc(C(C)(C)C)on2)cc1. The van der Waals surface area contributed by atoms with Crippen molar-refractivity contribution in [3.05, 3.63) is 65.7 Å². The van der Waals surface area contributed by atoms with Gasteiger partial charge >= 0.3 is 0 Å². The Kier molecular flexibility index (Phi) is 4.89. The van der Waals surface area contributed by atoms with Gasteiger partial charge < -0.3 is 9.84 Å². The van der Waals surface area contributed by atoms with Gasteiger partial charge in [-0.15, -0.1) is 0 Å². The molecular formula is C21H23N3O2. The minimum atomic E-state index is -0.143. The highest BCUT2D eigenvalue weighted by molar-refractivity contribution is 5.91. The lowest BCUT2D eigenvalue weighted by molar-refractivity contribution is -0.115. The van der Waals surface area contributed by atoms with Gasteiger partial charge in [-0.3, -0.25) is 9.78 Å². The molecular weight excluding hydrogens is 326 g/mol. The largest absolute Gasteiger partial charge is 0.359 e. The number of nitrogens with one attached hydrogen (secondary N) is 1. The molecule has 0 saturated heterocycles. The molecule has 2 heterocycles. The van der Waals surface area contributed by atoms with Crippen LogP contribution in [0, 0.1) is 6.92 Å². The highest BCUT2D eigenvalue weighted by atomic mass is 16.5. The zero-order chi connectivity index (χ0) is 18.7. The first kappa shape index (κ1) is 17.9. The number of nitrogens with zero attached hydrogens (tertiary/aromatic N) is 2. The third kappa shape index (κ3) is 4.17. The van der Waals surface area contributed by atoms with Crippen molar-refractivity contribution in [3.63, 3.8) is 0 Å². The van der Waals surface area contributed by atoms with Crippen LogP contribution in [-0.4, -0.2) is 16.0 Å². The van der Waals surface area contributed by atoms with Gasteiger partial charge in [0.1, 0.15) is 5.76 Å².